The normalized spacial score (nSPS) is 12.5. The van der Waals surface area contributed by atoms with Crippen LogP contribution in [0.25, 0.3) is 0 Å². The fourth-order valence-electron chi connectivity index (χ4n) is 1.77. The summed E-state index contributed by atoms with van der Waals surface area (Å²) in [7, 11) is 0. The van der Waals surface area contributed by atoms with E-state index in [9.17, 15) is 4.79 Å². The summed E-state index contributed by atoms with van der Waals surface area (Å²) in [4.78, 5) is 12.1. The van der Waals surface area contributed by atoms with Crippen LogP contribution in [0.5, 0.6) is 0 Å². The van der Waals surface area contributed by atoms with Crippen molar-refractivity contribution >= 4 is 21.9 Å². The van der Waals surface area contributed by atoms with Gasteiger partial charge in [0.05, 0.1) is 6.61 Å². The molecule has 0 saturated carbocycles. The predicted octanol–water partition coefficient (Wildman–Crippen LogP) is 3.61. The number of ether oxygens (including phenoxy) is 1. The maximum atomic E-state index is 12.1. The second-order valence-corrected chi connectivity index (χ2v) is 5.87. The van der Waals surface area contributed by atoms with Crippen molar-refractivity contribution in [1.82, 2.24) is 5.32 Å². The molecule has 4 heteroatoms. The molecule has 1 rings (SSSR count). The third kappa shape index (κ3) is 4.96. The SMILES string of the molecule is CCOC(=O)C(NCC(C)C)c1ccc(C)cc1Br. The van der Waals surface area contributed by atoms with Gasteiger partial charge in [-0.05, 0) is 43.5 Å². The molecule has 0 bridgehead atoms. The van der Waals surface area contributed by atoms with Gasteiger partial charge in [-0.15, -0.1) is 0 Å². The molecular formula is C15H22BrNO2. The lowest BCUT2D eigenvalue weighted by atomic mass is 10.0. The van der Waals surface area contributed by atoms with Crippen LogP contribution in [0.4, 0.5) is 0 Å². The number of hydrogen-bond donors (Lipinski definition) is 1. The Morgan fingerprint density at radius 2 is 2.11 bits per heavy atom. The van der Waals surface area contributed by atoms with Crippen LogP contribution < -0.4 is 5.32 Å². The lowest BCUT2D eigenvalue weighted by Crippen LogP contribution is -2.33. The molecule has 1 atom stereocenters. The van der Waals surface area contributed by atoms with E-state index in [1.807, 2.05) is 32.0 Å². The molecule has 0 heterocycles. The van der Waals surface area contributed by atoms with Crippen LogP contribution in [0.2, 0.25) is 0 Å². The predicted molar refractivity (Wildman–Crippen MR) is 81.1 cm³/mol. The third-order valence-corrected chi connectivity index (χ3v) is 3.41. The Hall–Kier alpha value is -0.870. The Bertz CT molecular complexity index is 432. The van der Waals surface area contributed by atoms with Gasteiger partial charge in [0, 0.05) is 4.47 Å². The minimum Gasteiger partial charge on any atom is -0.465 e. The van der Waals surface area contributed by atoms with Crippen molar-refractivity contribution in [2.24, 2.45) is 5.92 Å². The van der Waals surface area contributed by atoms with Crippen LogP contribution in [0.15, 0.2) is 22.7 Å². The van der Waals surface area contributed by atoms with Gasteiger partial charge in [-0.25, -0.2) is 4.79 Å². The van der Waals surface area contributed by atoms with Crippen molar-refractivity contribution in [3.05, 3.63) is 33.8 Å². The monoisotopic (exact) mass is 327 g/mol. The van der Waals surface area contributed by atoms with Gasteiger partial charge in [-0.2, -0.15) is 0 Å². The van der Waals surface area contributed by atoms with Gasteiger partial charge in [0.15, 0.2) is 0 Å². The summed E-state index contributed by atoms with van der Waals surface area (Å²) >= 11 is 3.53. The van der Waals surface area contributed by atoms with E-state index in [0.717, 1.165) is 22.1 Å². The van der Waals surface area contributed by atoms with Crippen molar-refractivity contribution in [3.8, 4) is 0 Å². The largest absolute Gasteiger partial charge is 0.465 e. The standard InChI is InChI=1S/C15H22BrNO2/c1-5-19-15(18)14(17-9-10(2)3)12-7-6-11(4)8-13(12)16/h6-8,10,14,17H,5,9H2,1-4H3. The van der Waals surface area contributed by atoms with Crippen molar-refractivity contribution < 1.29 is 9.53 Å². The minimum absolute atomic E-state index is 0.229. The number of rotatable bonds is 6. The molecule has 0 aromatic heterocycles. The highest BCUT2D eigenvalue weighted by Gasteiger charge is 2.23. The van der Waals surface area contributed by atoms with Crippen LogP contribution in [0.1, 0.15) is 37.9 Å². The summed E-state index contributed by atoms with van der Waals surface area (Å²) in [6.07, 6.45) is 0. The summed E-state index contributed by atoms with van der Waals surface area (Å²) in [6.45, 7) is 9.22. The number of nitrogens with one attached hydrogen (secondary N) is 1. The van der Waals surface area contributed by atoms with Crippen LogP contribution in [-0.2, 0) is 9.53 Å². The Balaban J connectivity index is 2.97. The molecule has 1 unspecified atom stereocenters. The topological polar surface area (TPSA) is 38.3 Å². The van der Waals surface area contributed by atoms with Crippen molar-refractivity contribution in [2.45, 2.75) is 33.7 Å². The van der Waals surface area contributed by atoms with Crippen LogP contribution in [0, 0.1) is 12.8 Å². The fourth-order valence-corrected chi connectivity index (χ4v) is 2.49. The van der Waals surface area contributed by atoms with E-state index in [2.05, 4.69) is 35.1 Å². The highest BCUT2D eigenvalue weighted by molar-refractivity contribution is 9.10. The molecule has 0 aliphatic rings. The van der Waals surface area contributed by atoms with E-state index in [-0.39, 0.29) is 5.97 Å². The molecule has 106 valence electrons. The second-order valence-electron chi connectivity index (χ2n) is 5.01. The molecular weight excluding hydrogens is 306 g/mol. The molecule has 0 aliphatic heterocycles. The molecule has 0 saturated heterocycles. The van der Waals surface area contributed by atoms with E-state index < -0.39 is 6.04 Å². The van der Waals surface area contributed by atoms with Crippen molar-refractivity contribution in [1.29, 1.82) is 0 Å². The average Bonchev–Trinajstić information content (AvgIpc) is 2.31. The fraction of sp³-hybridized carbons (Fsp3) is 0.533. The first-order valence-electron chi connectivity index (χ1n) is 6.61. The lowest BCUT2D eigenvalue weighted by molar-refractivity contribution is -0.145. The molecule has 1 N–H and O–H groups in total. The third-order valence-electron chi connectivity index (χ3n) is 2.72. The molecule has 0 radical (unpaired) electrons. The lowest BCUT2D eigenvalue weighted by Gasteiger charge is -2.20. The van der Waals surface area contributed by atoms with Gasteiger partial charge in [0.25, 0.3) is 0 Å². The molecule has 0 aliphatic carbocycles. The summed E-state index contributed by atoms with van der Waals surface area (Å²) in [6, 6.07) is 5.56. The van der Waals surface area contributed by atoms with Crippen LogP contribution >= 0.6 is 15.9 Å². The second kappa shape index (κ2) is 7.65. The zero-order valence-corrected chi connectivity index (χ0v) is 13.6. The molecule has 0 spiro atoms. The van der Waals surface area contributed by atoms with Gasteiger partial charge < -0.3 is 10.1 Å². The first-order valence-corrected chi connectivity index (χ1v) is 7.41. The van der Waals surface area contributed by atoms with Gasteiger partial charge in [-0.1, -0.05) is 41.9 Å². The first kappa shape index (κ1) is 16.2. The van der Waals surface area contributed by atoms with E-state index in [1.54, 1.807) is 0 Å². The number of hydrogen-bond acceptors (Lipinski definition) is 3. The van der Waals surface area contributed by atoms with E-state index in [1.165, 1.54) is 0 Å². The van der Waals surface area contributed by atoms with Gasteiger partial charge in [0.2, 0.25) is 0 Å². The number of carbonyl (C=O) groups excluding carboxylic acids is 1. The number of benzene rings is 1. The van der Waals surface area contributed by atoms with Crippen molar-refractivity contribution in [2.75, 3.05) is 13.2 Å². The molecule has 19 heavy (non-hydrogen) atoms. The van der Waals surface area contributed by atoms with Gasteiger partial charge in [0.1, 0.15) is 6.04 Å². The number of carbonyl (C=O) groups is 1. The van der Waals surface area contributed by atoms with E-state index >= 15 is 0 Å². The zero-order chi connectivity index (χ0) is 14.4. The Morgan fingerprint density at radius 3 is 2.63 bits per heavy atom. The highest BCUT2D eigenvalue weighted by Crippen LogP contribution is 2.25. The summed E-state index contributed by atoms with van der Waals surface area (Å²) < 4.78 is 6.09. The van der Waals surface area contributed by atoms with Gasteiger partial charge >= 0.3 is 5.97 Å². The molecule has 1 aromatic rings. The Kier molecular flexibility index (Phi) is 6.52. The molecule has 1 aromatic carbocycles. The Labute approximate surface area is 123 Å². The first-order chi connectivity index (χ1) is 8.95. The zero-order valence-electron chi connectivity index (χ0n) is 12.0. The average molecular weight is 328 g/mol. The maximum Gasteiger partial charge on any atom is 0.327 e. The van der Waals surface area contributed by atoms with E-state index in [0.29, 0.717) is 12.5 Å². The maximum absolute atomic E-state index is 12.1. The summed E-state index contributed by atoms with van der Waals surface area (Å²) in [5.74, 6) is 0.244. The smallest absolute Gasteiger partial charge is 0.327 e. The summed E-state index contributed by atoms with van der Waals surface area (Å²) in [5.41, 5.74) is 2.08. The highest BCUT2D eigenvalue weighted by atomic mass is 79.9. The number of esters is 1. The quantitative estimate of drug-likeness (QED) is 0.811. The van der Waals surface area contributed by atoms with E-state index in [4.69, 9.17) is 4.74 Å². The van der Waals surface area contributed by atoms with Gasteiger partial charge in [-0.3, -0.25) is 0 Å². The molecule has 0 fully saturated rings. The van der Waals surface area contributed by atoms with Crippen molar-refractivity contribution in [3.63, 3.8) is 0 Å². The van der Waals surface area contributed by atoms with Crippen LogP contribution in [-0.4, -0.2) is 19.1 Å². The van der Waals surface area contributed by atoms with Crippen LogP contribution in [0.3, 0.4) is 0 Å². The number of aryl methyl sites for hydroxylation is 1. The Morgan fingerprint density at radius 1 is 1.42 bits per heavy atom. The minimum atomic E-state index is -0.419. The molecule has 0 amide bonds. The summed E-state index contributed by atoms with van der Waals surface area (Å²) in [5, 5.41) is 3.28. The number of halogens is 1. The molecule has 3 nitrogen and oxygen atoms in total.